The monoisotopic (exact) mass is 381 g/mol. The predicted octanol–water partition coefficient (Wildman–Crippen LogP) is 3.01. The summed E-state index contributed by atoms with van der Waals surface area (Å²) in [6.45, 7) is 0. The molecule has 27 heavy (non-hydrogen) atoms. The molecular weight excluding hydrogens is 365 g/mol. The molecule has 3 N–H and O–H groups in total. The van der Waals surface area contributed by atoms with E-state index in [2.05, 4.69) is 15.3 Å². The molecule has 2 aromatic rings. The number of fused-ring (bicyclic) bond motifs is 1. The van der Waals surface area contributed by atoms with Crippen LogP contribution in [0.15, 0.2) is 41.5 Å². The molecule has 4 rings (SSSR count). The van der Waals surface area contributed by atoms with E-state index in [1.165, 1.54) is 42.2 Å². The summed E-state index contributed by atoms with van der Waals surface area (Å²) < 4.78 is 14.6. The quantitative estimate of drug-likeness (QED) is 0.850. The number of benzene rings is 1. The topological polar surface area (TPSA) is 104 Å². The Morgan fingerprint density at radius 1 is 1.41 bits per heavy atom. The van der Waals surface area contributed by atoms with Crippen LogP contribution < -0.4 is 11.1 Å². The van der Waals surface area contributed by atoms with Gasteiger partial charge in [0.25, 0.3) is 5.91 Å². The lowest BCUT2D eigenvalue weighted by Gasteiger charge is -2.15. The third kappa shape index (κ3) is 3.26. The van der Waals surface area contributed by atoms with E-state index in [1.807, 2.05) is 6.07 Å². The van der Waals surface area contributed by atoms with Crippen LogP contribution in [0.25, 0.3) is 0 Å². The molecule has 2 aliphatic rings. The number of nitrogens with zero attached hydrogens (tertiary/aromatic N) is 3. The average Bonchev–Trinajstić information content (AvgIpc) is 3.38. The van der Waals surface area contributed by atoms with Crippen LogP contribution in [0, 0.1) is 23.1 Å². The van der Waals surface area contributed by atoms with Gasteiger partial charge in [-0.15, -0.1) is 0 Å². The molecule has 2 atom stereocenters. The fraction of sp³-hybridized carbons (Fsp3) is 0.263. The Hall–Kier alpha value is -2.92. The van der Waals surface area contributed by atoms with Crippen molar-refractivity contribution in [1.82, 2.24) is 4.98 Å². The SMILES string of the molecule is N#Cc1ccc(C(=O)Nc2ccc(F)c([C@@]34C[C@H]3CCSC(N)=N4)c2)nc1. The predicted molar refractivity (Wildman–Crippen MR) is 102 cm³/mol. The second kappa shape index (κ2) is 6.67. The van der Waals surface area contributed by atoms with Crippen molar-refractivity contribution in [3.05, 3.63) is 59.2 Å². The summed E-state index contributed by atoms with van der Waals surface area (Å²) in [5.41, 5.74) is 6.79. The summed E-state index contributed by atoms with van der Waals surface area (Å²) in [6, 6.07) is 9.42. The second-order valence-electron chi connectivity index (χ2n) is 6.61. The fourth-order valence-corrected chi connectivity index (χ4v) is 4.28. The Labute approximate surface area is 159 Å². The molecule has 0 spiro atoms. The van der Waals surface area contributed by atoms with Crippen LogP contribution >= 0.6 is 11.8 Å². The Morgan fingerprint density at radius 3 is 3.00 bits per heavy atom. The van der Waals surface area contributed by atoms with Gasteiger partial charge in [-0.3, -0.25) is 9.79 Å². The smallest absolute Gasteiger partial charge is 0.274 e. The molecule has 6 nitrogen and oxygen atoms in total. The number of carbonyl (C=O) groups excluding carboxylic acids is 1. The number of nitriles is 1. The Bertz CT molecular complexity index is 985. The van der Waals surface area contributed by atoms with Gasteiger partial charge in [0, 0.05) is 23.2 Å². The van der Waals surface area contributed by atoms with Gasteiger partial charge >= 0.3 is 0 Å². The summed E-state index contributed by atoms with van der Waals surface area (Å²) >= 11 is 1.49. The minimum Gasteiger partial charge on any atom is -0.379 e. The molecule has 1 aliphatic carbocycles. The first-order valence-corrected chi connectivity index (χ1v) is 9.46. The number of amides is 1. The molecular formula is C19H16FN5OS. The highest BCUT2D eigenvalue weighted by molar-refractivity contribution is 8.13. The van der Waals surface area contributed by atoms with E-state index >= 15 is 0 Å². The molecule has 1 amide bonds. The molecule has 1 fully saturated rings. The van der Waals surface area contributed by atoms with Gasteiger partial charge in [0.1, 0.15) is 17.6 Å². The van der Waals surface area contributed by atoms with E-state index in [1.54, 1.807) is 6.07 Å². The molecule has 0 unspecified atom stereocenters. The molecule has 8 heteroatoms. The van der Waals surface area contributed by atoms with E-state index in [-0.39, 0.29) is 17.4 Å². The number of anilines is 1. The van der Waals surface area contributed by atoms with Crippen molar-refractivity contribution in [1.29, 1.82) is 5.26 Å². The van der Waals surface area contributed by atoms with E-state index in [0.29, 0.717) is 22.0 Å². The molecule has 0 bridgehead atoms. The molecule has 0 saturated heterocycles. The number of amidine groups is 1. The Kier molecular flexibility index (Phi) is 4.32. The van der Waals surface area contributed by atoms with Crippen LogP contribution in [0.5, 0.6) is 0 Å². The van der Waals surface area contributed by atoms with Gasteiger partial charge in [-0.1, -0.05) is 11.8 Å². The summed E-state index contributed by atoms with van der Waals surface area (Å²) in [7, 11) is 0. The molecule has 2 heterocycles. The maximum absolute atomic E-state index is 14.6. The van der Waals surface area contributed by atoms with Crippen LogP contribution in [0.3, 0.4) is 0 Å². The third-order valence-corrected chi connectivity index (χ3v) is 5.74. The number of nitrogens with one attached hydrogen (secondary N) is 1. The van der Waals surface area contributed by atoms with E-state index in [9.17, 15) is 9.18 Å². The first-order chi connectivity index (χ1) is 13.0. The molecule has 1 aromatic carbocycles. The average molecular weight is 381 g/mol. The molecule has 1 aromatic heterocycles. The summed E-state index contributed by atoms with van der Waals surface area (Å²) in [5.74, 6) is 0.368. The number of carbonyl (C=O) groups is 1. The standard InChI is InChI=1S/C19H16FN5OS/c20-15-3-2-13(24-17(26)16-4-1-11(9-21)10-23-16)7-14(15)19-8-12(19)5-6-27-18(22)25-19/h1-4,7,10,12H,5-6,8H2,(H2,22,25)(H,24,26)/t12-,19-/m1/s1. The lowest BCUT2D eigenvalue weighted by atomic mass is 10.0. The zero-order valence-electron chi connectivity index (χ0n) is 14.3. The number of pyridine rings is 1. The van der Waals surface area contributed by atoms with Crippen LogP contribution in [0.1, 0.15) is 34.5 Å². The summed E-state index contributed by atoms with van der Waals surface area (Å²) in [4.78, 5) is 20.9. The van der Waals surface area contributed by atoms with Crippen LogP contribution in [0.4, 0.5) is 10.1 Å². The summed E-state index contributed by atoms with van der Waals surface area (Å²) in [5, 5.41) is 12.0. The van der Waals surface area contributed by atoms with Crippen molar-refractivity contribution in [2.45, 2.75) is 18.4 Å². The zero-order chi connectivity index (χ0) is 19.0. The van der Waals surface area contributed by atoms with Crippen molar-refractivity contribution in [3.63, 3.8) is 0 Å². The number of hydrogen-bond donors (Lipinski definition) is 2. The number of halogens is 1. The summed E-state index contributed by atoms with van der Waals surface area (Å²) in [6.07, 6.45) is 3.03. The Morgan fingerprint density at radius 2 is 2.26 bits per heavy atom. The van der Waals surface area contributed by atoms with Crippen LogP contribution in [-0.4, -0.2) is 21.8 Å². The van der Waals surface area contributed by atoms with Gasteiger partial charge in [-0.05, 0) is 49.1 Å². The van der Waals surface area contributed by atoms with Crippen molar-refractivity contribution >= 4 is 28.5 Å². The molecule has 136 valence electrons. The minimum atomic E-state index is -0.620. The number of hydrogen-bond acceptors (Lipinski definition) is 6. The molecule has 0 radical (unpaired) electrons. The zero-order valence-corrected chi connectivity index (χ0v) is 15.1. The molecule has 1 saturated carbocycles. The second-order valence-corrected chi connectivity index (χ2v) is 7.72. The maximum Gasteiger partial charge on any atom is 0.274 e. The lowest BCUT2D eigenvalue weighted by Crippen LogP contribution is -2.17. The number of aromatic nitrogens is 1. The third-order valence-electron chi connectivity index (χ3n) is 4.91. The Balaban J connectivity index is 1.60. The fourth-order valence-electron chi connectivity index (χ4n) is 3.44. The van der Waals surface area contributed by atoms with Gasteiger partial charge in [-0.25, -0.2) is 9.37 Å². The van der Waals surface area contributed by atoms with E-state index in [4.69, 9.17) is 11.0 Å². The van der Waals surface area contributed by atoms with Crippen molar-refractivity contribution in [3.8, 4) is 6.07 Å². The first kappa shape index (κ1) is 17.5. The first-order valence-electron chi connectivity index (χ1n) is 8.47. The van der Waals surface area contributed by atoms with Crippen LogP contribution in [0.2, 0.25) is 0 Å². The number of aliphatic imine (C=N–C) groups is 1. The maximum atomic E-state index is 14.6. The largest absolute Gasteiger partial charge is 0.379 e. The normalized spacial score (nSPS) is 23.4. The highest BCUT2D eigenvalue weighted by Crippen LogP contribution is 2.59. The highest BCUT2D eigenvalue weighted by Gasteiger charge is 2.57. The van der Waals surface area contributed by atoms with Crippen molar-refractivity contribution < 1.29 is 9.18 Å². The van der Waals surface area contributed by atoms with E-state index in [0.717, 1.165) is 18.6 Å². The van der Waals surface area contributed by atoms with E-state index < -0.39 is 11.4 Å². The van der Waals surface area contributed by atoms with Crippen molar-refractivity contribution in [2.75, 3.05) is 11.1 Å². The van der Waals surface area contributed by atoms with Gasteiger partial charge in [0.2, 0.25) is 0 Å². The highest BCUT2D eigenvalue weighted by atomic mass is 32.2. The van der Waals surface area contributed by atoms with Gasteiger partial charge in [0.05, 0.1) is 11.1 Å². The number of rotatable bonds is 3. The minimum absolute atomic E-state index is 0.176. The van der Waals surface area contributed by atoms with Gasteiger partial charge in [-0.2, -0.15) is 5.26 Å². The van der Waals surface area contributed by atoms with Gasteiger partial charge < -0.3 is 11.1 Å². The number of nitrogens with two attached hydrogens (primary N) is 1. The van der Waals surface area contributed by atoms with Crippen LogP contribution in [-0.2, 0) is 5.54 Å². The van der Waals surface area contributed by atoms with Crippen molar-refractivity contribution in [2.24, 2.45) is 16.6 Å². The molecule has 1 aliphatic heterocycles. The number of thioether (sulfide) groups is 1. The lowest BCUT2D eigenvalue weighted by molar-refractivity contribution is 0.102. The van der Waals surface area contributed by atoms with Gasteiger partial charge in [0.15, 0.2) is 5.17 Å².